The van der Waals surface area contributed by atoms with Gasteiger partial charge in [-0.25, -0.2) is 0 Å². The highest BCUT2D eigenvalue weighted by atomic mass is 16.1. The highest BCUT2D eigenvalue weighted by Gasteiger charge is 2.42. The standard InChI is InChI=1S/C16H19N3O/c1-10-14-8-17-7-12(14)9-19(10)15-6-11-4-2-3-5-13(11)16(20)18-15/h2-6,10,12,14,17H,7-9H2,1H3,(H,18,20). The van der Waals surface area contributed by atoms with Gasteiger partial charge in [-0.1, -0.05) is 18.2 Å². The number of hydrogen-bond donors (Lipinski definition) is 2. The SMILES string of the molecule is CC1C2CNCC2CN1c1cc2ccccc2c(=O)[nH]1. The van der Waals surface area contributed by atoms with Gasteiger partial charge < -0.3 is 15.2 Å². The molecule has 2 saturated heterocycles. The van der Waals surface area contributed by atoms with Crippen molar-refractivity contribution in [2.75, 3.05) is 24.5 Å². The Morgan fingerprint density at radius 3 is 2.95 bits per heavy atom. The van der Waals surface area contributed by atoms with E-state index in [1.807, 2.05) is 24.3 Å². The molecule has 0 aliphatic carbocycles. The third-order valence-corrected chi connectivity index (χ3v) is 4.98. The molecule has 2 fully saturated rings. The van der Waals surface area contributed by atoms with Crippen LogP contribution in [0.5, 0.6) is 0 Å². The molecule has 1 aromatic heterocycles. The zero-order valence-corrected chi connectivity index (χ0v) is 11.6. The van der Waals surface area contributed by atoms with Gasteiger partial charge >= 0.3 is 0 Å². The van der Waals surface area contributed by atoms with E-state index < -0.39 is 0 Å². The van der Waals surface area contributed by atoms with Crippen molar-refractivity contribution in [2.24, 2.45) is 11.8 Å². The van der Waals surface area contributed by atoms with Gasteiger partial charge in [-0.2, -0.15) is 0 Å². The van der Waals surface area contributed by atoms with Gasteiger partial charge in [-0.3, -0.25) is 4.79 Å². The molecule has 0 bridgehead atoms. The van der Waals surface area contributed by atoms with Crippen LogP contribution in [0, 0.1) is 11.8 Å². The summed E-state index contributed by atoms with van der Waals surface area (Å²) < 4.78 is 0. The van der Waals surface area contributed by atoms with E-state index in [1.165, 1.54) is 0 Å². The lowest BCUT2D eigenvalue weighted by Crippen LogP contribution is -2.34. The smallest absolute Gasteiger partial charge is 0.257 e. The summed E-state index contributed by atoms with van der Waals surface area (Å²) in [5, 5.41) is 5.26. The summed E-state index contributed by atoms with van der Waals surface area (Å²) in [6.45, 7) is 5.50. The molecule has 3 unspecified atom stereocenters. The Balaban J connectivity index is 1.78. The lowest BCUT2D eigenvalue weighted by atomic mass is 9.95. The summed E-state index contributed by atoms with van der Waals surface area (Å²) in [5.74, 6) is 2.38. The van der Waals surface area contributed by atoms with E-state index in [9.17, 15) is 4.79 Å². The number of aromatic amines is 1. The molecule has 3 atom stereocenters. The van der Waals surface area contributed by atoms with Crippen molar-refractivity contribution in [2.45, 2.75) is 13.0 Å². The first-order valence-corrected chi connectivity index (χ1v) is 7.33. The van der Waals surface area contributed by atoms with Crippen LogP contribution in [0.25, 0.3) is 10.8 Å². The summed E-state index contributed by atoms with van der Waals surface area (Å²) in [6.07, 6.45) is 0. The van der Waals surface area contributed by atoms with Gasteiger partial charge in [0.05, 0.1) is 0 Å². The zero-order valence-electron chi connectivity index (χ0n) is 11.6. The van der Waals surface area contributed by atoms with Crippen LogP contribution in [0.1, 0.15) is 6.92 Å². The minimum absolute atomic E-state index is 0.0143. The van der Waals surface area contributed by atoms with Crippen molar-refractivity contribution in [3.8, 4) is 0 Å². The van der Waals surface area contributed by atoms with Gasteiger partial charge in [0.25, 0.3) is 5.56 Å². The molecule has 0 spiro atoms. The second kappa shape index (κ2) is 4.35. The molecule has 4 nitrogen and oxygen atoms in total. The summed E-state index contributed by atoms with van der Waals surface area (Å²) in [6, 6.07) is 10.4. The first kappa shape index (κ1) is 12.0. The van der Waals surface area contributed by atoms with Crippen LogP contribution in [0.4, 0.5) is 5.82 Å². The van der Waals surface area contributed by atoms with Crippen LogP contribution in [-0.4, -0.2) is 30.7 Å². The first-order valence-electron chi connectivity index (χ1n) is 7.33. The number of rotatable bonds is 1. The number of aromatic nitrogens is 1. The van der Waals surface area contributed by atoms with E-state index in [0.717, 1.165) is 36.2 Å². The molecule has 2 aliphatic heterocycles. The van der Waals surface area contributed by atoms with Gasteiger partial charge in [0.15, 0.2) is 0 Å². The lowest BCUT2D eigenvalue weighted by Gasteiger charge is -2.26. The van der Waals surface area contributed by atoms with Crippen molar-refractivity contribution in [3.05, 3.63) is 40.7 Å². The molecule has 2 aliphatic rings. The number of hydrogen-bond acceptors (Lipinski definition) is 3. The fourth-order valence-corrected chi connectivity index (χ4v) is 3.84. The maximum Gasteiger partial charge on any atom is 0.257 e. The van der Waals surface area contributed by atoms with Gasteiger partial charge in [-0.15, -0.1) is 0 Å². The summed E-state index contributed by atoms with van der Waals surface area (Å²) in [4.78, 5) is 17.6. The summed E-state index contributed by atoms with van der Waals surface area (Å²) in [7, 11) is 0. The molecular formula is C16H19N3O. The van der Waals surface area contributed by atoms with Crippen molar-refractivity contribution in [1.29, 1.82) is 0 Å². The van der Waals surface area contributed by atoms with Crippen molar-refractivity contribution in [3.63, 3.8) is 0 Å². The summed E-state index contributed by atoms with van der Waals surface area (Å²) >= 11 is 0. The molecule has 3 heterocycles. The minimum Gasteiger partial charge on any atom is -0.355 e. The number of pyridine rings is 1. The average Bonchev–Trinajstić information content (AvgIpc) is 3.02. The Bertz CT molecular complexity index is 708. The van der Waals surface area contributed by atoms with Crippen molar-refractivity contribution < 1.29 is 0 Å². The zero-order chi connectivity index (χ0) is 13.7. The van der Waals surface area contributed by atoms with Crippen LogP contribution in [-0.2, 0) is 0 Å². The fraction of sp³-hybridized carbons (Fsp3) is 0.438. The van der Waals surface area contributed by atoms with Gasteiger partial charge in [0, 0.05) is 31.1 Å². The predicted molar refractivity (Wildman–Crippen MR) is 81.2 cm³/mol. The van der Waals surface area contributed by atoms with E-state index in [2.05, 4.69) is 28.2 Å². The third-order valence-electron chi connectivity index (χ3n) is 4.98. The van der Waals surface area contributed by atoms with Crippen LogP contribution in [0.2, 0.25) is 0 Å². The van der Waals surface area contributed by atoms with Crippen LogP contribution in [0.3, 0.4) is 0 Å². The molecular weight excluding hydrogens is 250 g/mol. The quantitative estimate of drug-likeness (QED) is 0.826. The van der Waals surface area contributed by atoms with Crippen molar-refractivity contribution >= 4 is 16.6 Å². The maximum atomic E-state index is 12.2. The van der Waals surface area contributed by atoms with Crippen molar-refractivity contribution in [1.82, 2.24) is 10.3 Å². The van der Waals surface area contributed by atoms with E-state index in [0.29, 0.717) is 17.9 Å². The first-order chi connectivity index (χ1) is 9.74. The van der Waals surface area contributed by atoms with Gasteiger partial charge in [-0.05, 0) is 36.3 Å². The monoisotopic (exact) mass is 269 g/mol. The Kier molecular flexibility index (Phi) is 2.60. The predicted octanol–water partition coefficient (Wildman–Crippen LogP) is 1.57. The van der Waals surface area contributed by atoms with E-state index >= 15 is 0 Å². The molecule has 4 heteroatoms. The largest absolute Gasteiger partial charge is 0.355 e. The molecule has 2 N–H and O–H groups in total. The number of anilines is 1. The second-order valence-electron chi connectivity index (χ2n) is 6.05. The van der Waals surface area contributed by atoms with Gasteiger partial charge in [0.2, 0.25) is 0 Å². The topological polar surface area (TPSA) is 48.1 Å². The second-order valence-corrected chi connectivity index (χ2v) is 6.05. The minimum atomic E-state index is 0.0143. The van der Waals surface area contributed by atoms with E-state index in [-0.39, 0.29) is 5.56 Å². The highest BCUT2D eigenvalue weighted by molar-refractivity contribution is 5.83. The maximum absolute atomic E-state index is 12.2. The third kappa shape index (κ3) is 1.68. The normalized spacial score (nSPS) is 29.1. The van der Waals surface area contributed by atoms with Crippen LogP contribution >= 0.6 is 0 Å². The van der Waals surface area contributed by atoms with Gasteiger partial charge in [0.1, 0.15) is 5.82 Å². The number of H-pyrrole nitrogens is 1. The molecule has 4 rings (SSSR count). The van der Waals surface area contributed by atoms with E-state index in [1.54, 1.807) is 0 Å². The number of nitrogens with zero attached hydrogens (tertiary/aromatic N) is 1. The Hall–Kier alpha value is -1.81. The average molecular weight is 269 g/mol. The molecule has 0 saturated carbocycles. The Morgan fingerprint density at radius 1 is 1.25 bits per heavy atom. The molecule has 20 heavy (non-hydrogen) atoms. The molecule has 0 amide bonds. The van der Waals surface area contributed by atoms with Crippen LogP contribution in [0.15, 0.2) is 35.1 Å². The number of fused-ring (bicyclic) bond motifs is 2. The fourth-order valence-electron chi connectivity index (χ4n) is 3.84. The molecule has 104 valence electrons. The Morgan fingerprint density at radius 2 is 2.10 bits per heavy atom. The molecule has 1 aromatic carbocycles. The van der Waals surface area contributed by atoms with E-state index in [4.69, 9.17) is 0 Å². The number of benzene rings is 1. The molecule has 2 aromatic rings. The molecule has 0 radical (unpaired) electrons. The van der Waals surface area contributed by atoms with Crippen LogP contribution < -0.4 is 15.8 Å². The highest BCUT2D eigenvalue weighted by Crippen LogP contribution is 2.35. The number of nitrogens with one attached hydrogen (secondary N) is 2. The lowest BCUT2D eigenvalue weighted by molar-refractivity contribution is 0.471. The Labute approximate surface area is 117 Å². The summed E-state index contributed by atoms with van der Waals surface area (Å²) in [5.41, 5.74) is 0.0143.